The molecule has 0 fully saturated rings. The highest BCUT2D eigenvalue weighted by Crippen LogP contribution is 2.28. The second kappa shape index (κ2) is 6.88. The van der Waals surface area contributed by atoms with Gasteiger partial charge in [0.2, 0.25) is 0 Å². The molecule has 0 aliphatic carbocycles. The van der Waals surface area contributed by atoms with Crippen molar-refractivity contribution in [1.29, 1.82) is 0 Å². The van der Waals surface area contributed by atoms with E-state index < -0.39 is 5.97 Å². The van der Waals surface area contributed by atoms with Gasteiger partial charge >= 0.3 is 5.97 Å². The predicted molar refractivity (Wildman–Crippen MR) is 82.6 cm³/mol. The van der Waals surface area contributed by atoms with Crippen LogP contribution in [0, 0.1) is 0 Å². The van der Waals surface area contributed by atoms with E-state index in [1.165, 1.54) is 4.88 Å². The first-order valence-corrected chi connectivity index (χ1v) is 7.60. The van der Waals surface area contributed by atoms with E-state index in [0.29, 0.717) is 12.1 Å². The molecule has 1 unspecified atom stereocenters. The summed E-state index contributed by atoms with van der Waals surface area (Å²) in [6, 6.07) is 11.2. The second-order valence-electron chi connectivity index (χ2n) is 4.49. The minimum absolute atomic E-state index is 0.270. The van der Waals surface area contributed by atoms with Gasteiger partial charge < -0.3 is 10.4 Å². The van der Waals surface area contributed by atoms with E-state index >= 15 is 0 Å². The highest BCUT2D eigenvalue weighted by molar-refractivity contribution is 7.16. The largest absolute Gasteiger partial charge is 0.478 e. The van der Waals surface area contributed by atoms with Gasteiger partial charge in [-0.05, 0) is 36.2 Å². The van der Waals surface area contributed by atoms with Crippen molar-refractivity contribution in [1.82, 2.24) is 5.32 Å². The number of benzene rings is 1. The minimum atomic E-state index is -0.899. The molecular weight excluding hydrogens is 294 g/mol. The number of carboxylic acid groups (broad SMARTS) is 1. The lowest BCUT2D eigenvalue weighted by atomic mass is 10.1. The zero-order chi connectivity index (χ0) is 14.5. The Labute approximate surface area is 127 Å². The molecule has 0 aliphatic heterocycles. The van der Waals surface area contributed by atoms with Crippen LogP contribution in [-0.4, -0.2) is 11.1 Å². The van der Waals surface area contributed by atoms with Gasteiger partial charge in [0, 0.05) is 17.5 Å². The average molecular weight is 310 g/mol. The maximum atomic E-state index is 10.8. The Hall–Kier alpha value is -1.36. The Morgan fingerprint density at radius 1 is 1.30 bits per heavy atom. The number of aromatic carboxylic acids is 1. The van der Waals surface area contributed by atoms with Crippen molar-refractivity contribution in [2.24, 2.45) is 0 Å². The number of nitrogens with one attached hydrogen (secondary N) is 1. The van der Waals surface area contributed by atoms with E-state index in [9.17, 15) is 4.79 Å². The van der Waals surface area contributed by atoms with Crippen LogP contribution in [0.3, 0.4) is 0 Å². The van der Waals surface area contributed by atoms with Crippen LogP contribution in [0.5, 0.6) is 0 Å². The van der Waals surface area contributed by atoms with Gasteiger partial charge in [-0.3, -0.25) is 0 Å². The summed E-state index contributed by atoms with van der Waals surface area (Å²) >= 11 is 7.55. The second-order valence-corrected chi connectivity index (χ2v) is 6.23. The number of thiophene rings is 1. The molecule has 20 heavy (non-hydrogen) atoms. The Morgan fingerprint density at radius 3 is 2.50 bits per heavy atom. The first-order chi connectivity index (χ1) is 9.60. The molecule has 5 heteroatoms. The molecule has 1 aromatic heterocycles. The van der Waals surface area contributed by atoms with E-state index in [0.717, 1.165) is 16.3 Å². The maximum Gasteiger partial charge on any atom is 0.335 e. The number of carboxylic acids is 1. The third-order valence-corrected chi connectivity index (χ3v) is 4.44. The van der Waals surface area contributed by atoms with Crippen molar-refractivity contribution in [3.8, 4) is 0 Å². The molecule has 0 bridgehead atoms. The monoisotopic (exact) mass is 309 g/mol. The standard InChI is InChI=1S/C15H16ClNO2S/c1-2-12(13-7-8-14(16)20-13)17-9-10-3-5-11(6-4-10)15(18)19/h3-8,12,17H,2,9H2,1H3,(H,18,19). The average Bonchev–Trinajstić information content (AvgIpc) is 2.86. The van der Waals surface area contributed by atoms with Gasteiger partial charge in [0.15, 0.2) is 0 Å². The van der Waals surface area contributed by atoms with E-state index in [4.69, 9.17) is 16.7 Å². The van der Waals surface area contributed by atoms with Crippen molar-refractivity contribution < 1.29 is 9.90 Å². The van der Waals surface area contributed by atoms with Crippen LogP contribution in [0.2, 0.25) is 4.34 Å². The third-order valence-electron chi connectivity index (χ3n) is 3.10. The topological polar surface area (TPSA) is 49.3 Å². The summed E-state index contributed by atoms with van der Waals surface area (Å²) in [5, 5.41) is 12.3. The first-order valence-electron chi connectivity index (χ1n) is 6.41. The Bertz CT molecular complexity index is 580. The molecule has 2 N–H and O–H groups in total. The SMILES string of the molecule is CCC(NCc1ccc(C(=O)O)cc1)c1ccc(Cl)s1. The molecule has 0 spiro atoms. The lowest BCUT2D eigenvalue weighted by Gasteiger charge is -2.15. The molecule has 3 nitrogen and oxygen atoms in total. The van der Waals surface area contributed by atoms with Gasteiger partial charge in [0.25, 0.3) is 0 Å². The Kier molecular flexibility index (Phi) is 5.17. The molecule has 2 rings (SSSR count). The molecule has 0 radical (unpaired) electrons. The molecule has 1 heterocycles. The maximum absolute atomic E-state index is 10.8. The molecule has 1 atom stereocenters. The Balaban J connectivity index is 1.98. The molecule has 0 amide bonds. The molecule has 0 aliphatic rings. The summed E-state index contributed by atoms with van der Waals surface area (Å²) in [6.45, 7) is 2.83. The van der Waals surface area contributed by atoms with Crippen molar-refractivity contribution in [2.45, 2.75) is 25.9 Å². The molecular formula is C15H16ClNO2S. The van der Waals surface area contributed by atoms with Crippen molar-refractivity contribution in [3.63, 3.8) is 0 Å². The zero-order valence-electron chi connectivity index (χ0n) is 11.1. The van der Waals surface area contributed by atoms with Crippen LogP contribution < -0.4 is 5.32 Å². The van der Waals surface area contributed by atoms with Crippen LogP contribution in [0.1, 0.15) is 40.2 Å². The van der Waals surface area contributed by atoms with Crippen molar-refractivity contribution in [2.75, 3.05) is 0 Å². The predicted octanol–water partition coefficient (Wildman–Crippen LogP) is 4.34. The molecule has 0 saturated carbocycles. The smallest absolute Gasteiger partial charge is 0.335 e. The summed E-state index contributed by atoms with van der Waals surface area (Å²) in [4.78, 5) is 12.0. The van der Waals surface area contributed by atoms with Crippen molar-refractivity contribution >= 4 is 28.9 Å². The highest BCUT2D eigenvalue weighted by atomic mass is 35.5. The lowest BCUT2D eigenvalue weighted by molar-refractivity contribution is 0.0697. The van der Waals surface area contributed by atoms with Crippen LogP contribution in [0.25, 0.3) is 0 Å². The summed E-state index contributed by atoms with van der Waals surface area (Å²) in [5.41, 5.74) is 1.38. The summed E-state index contributed by atoms with van der Waals surface area (Å²) in [7, 11) is 0. The van der Waals surface area contributed by atoms with Gasteiger partial charge in [-0.1, -0.05) is 30.7 Å². The van der Waals surface area contributed by atoms with Crippen LogP contribution >= 0.6 is 22.9 Å². The summed E-state index contributed by atoms with van der Waals surface area (Å²) < 4.78 is 0.797. The first kappa shape index (κ1) is 15.0. The lowest BCUT2D eigenvalue weighted by Crippen LogP contribution is -2.19. The van der Waals surface area contributed by atoms with E-state index in [1.54, 1.807) is 23.5 Å². The van der Waals surface area contributed by atoms with Crippen molar-refractivity contribution in [3.05, 3.63) is 56.7 Å². The molecule has 1 aromatic carbocycles. The minimum Gasteiger partial charge on any atom is -0.478 e. The van der Waals surface area contributed by atoms with Gasteiger partial charge in [0.1, 0.15) is 0 Å². The van der Waals surface area contributed by atoms with Gasteiger partial charge in [0.05, 0.1) is 9.90 Å². The summed E-state index contributed by atoms with van der Waals surface area (Å²) in [6.07, 6.45) is 0.976. The van der Waals surface area contributed by atoms with E-state index in [1.807, 2.05) is 24.3 Å². The normalized spacial score (nSPS) is 12.3. The zero-order valence-corrected chi connectivity index (χ0v) is 12.7. The molecule has 2 aromatic rings. The molecule has 106 valence electrons. The quantitative estimate of drug-likeness (QED) is 0.834. The number of hydrogen-bond donors (Lipinski definition) is 2. The number of rotatable bonds is 6. The van der Waals surface area contributed by atoms with Gasteiger partial charge in [-0.25, -0.2) is 4.79 Å². The van der Waals surface area contributed by atoms with Crippen LogP contribution in [0.4, 0.5) is 0 Å². The molecule has 0 saturated heterocycles. The summed E-state index contributed by atoms with van der Waals surface area (Å²) in [5.74, 6) is -0.899. The van der Waals surface area contributed by atoms with Crippen LogP contribution in [0.15, 0.2) is 36.4 Å². The fourth-order valence-electron chi connectivity index (χ4n) is 1.97. The van der Waals surface area contributed by atoms with E-state index in [-0.39, 0.29) is 6.04 Å². The van der Waals surface area contributed by atoms with E-state index in [2.05, 4.69) is 12.2 Å². The van der Waals surface area contributed by atoms with Gasteiger partial charge in [-0.15, -0.1) is 11.3 Å². The highest BCUT2D eigenvalue weighted by Gasteiger charge is 2.11. The van der Waals surface area contributed by atoms with Crippen LogP contribution in [-0.2, 0) is 6.54 Å². The number of halogens is 1. The fourth-order valence-corrected chi connectivity index (χ4v) is 3.19. The fraction of sp³-hybridized carbons (Fsp3) is 0.267. The Morgan fingerprint density at radius 2 is 2.00 bits per heavy atom. The number of hydrogen-bond acceptors (Lipinski definition) is 3. The van der Waals surface area contributed by atoms with Gasteiger partial charge in [-0.2, -0.15) is 0 Å². The number of carbonyl (C=O) groups is 1. The third kappa shape index (κ3) is 3.82.